The van der Waals surface area contributed by atoms with Gasteiger partial charge in [-0.05, 0) is 47.9 Å². The second-order valence-electron chi connectivity index (χ2n) is 8.06. The van der Waals surface area contributed by atoms with Crippen LogP contribution in [0.5, 0.6) is 0 Å². The van der Waals surface area contributed by atoms with Crippen LogP contribution in [0.3, 0.4) is 0 Å². The lowest BCUT2D eigenvalue weighted by Gasteiger charge is -2.29. The van der Waals surface area contributed by atoms with Crippen LogP contribution >= 0.6 is 0 Å². The highest BCUT2D eigenvalue weighted by atomic mass is 32.2. The smallest absolute Gasteiger partial charge is 0.255 e. The third-order valence-electron chi connectivity index (χ3n) is 5.89. The van der Waals surface area contributed by atoms with Crippen LogP contribution in [-0.4, -0.2) is 52.1 Å². The Kier molecular flexibility index (Phi) is 5.46. The summed E-state index contributed by atoms with van der Waals surface area (Å²) in [4.78, 5) is 38.1. The summed E-state index contributed by atoms with van der Waals surface area (Å²) < 4.78 is 29.5. The highest BCUT2D eigenvalue weighted by molar-refractivity contribution is 7.89. The molecule has 2 aromatic carbocycles. The molecule has 2 aliphatic heterocycles. The number of rotatable bonds is 6. The van der Waals surface area contributed by atoms with E-state index in [-0.39, 0.29) is 42.6 Å². The number of amides is 3. The molecular formula is C22H20N6O5S. The van der Waals surface area contributed by atoms with Gasteiger partial charge in [0.2, 0.25) is 21.8 Å². The highest BCUT2D eigenvalue weighted by Gasteiger charge is 2.39. The third kappa shape index (κ3) is 4.08. The summed E-state index contributed by atoms with van der Waals surface area (Å²) in [6, 6.07) is 10.7. The second-order valence-corrected chi connectivity index (χ2v) is 9.82. The Labute approximate surface area is 194 Å². The first-order chi connectivity index (χ1) is 16.3. The van der Waals surface area contributed by atoms with Crippen LogP contribution in [0.1, 0.15) is 34.3 Å². The molecule has 34 heavy (non-hydrogen) atoms. The Morgan fingerprint density at radius 3 is 2.59 bits per heavy atom. The van der Waals surface area contributed by atoms with Crippen molar-refractivity contribution in [3.05, 3.63) is 71.5 Å². The second kappa shape index (κ2) is 8.47. The average Bonchev–Trinajstić information content (AvgIpc) is 3.47. The van der Waals surface area contributed by atoms with Crippen LogP contribution in [0.25, 0.3) is 5.69 Å². The lowest BCUT2D eigenvalue weighted by atomic mass is 10.0. The van der Waals surface area contributed by atoms with E-state index in [4.69, 9.17) is 0 Å². The molecule has 3 aromatic rings. The molecule has 2 aliphatic rings. The molecular weight excluding hydrogens is 460 g/mol. The Bertz CT molecular complexity index is 1390. The van der Waals surface area contributed by atoms with E-state index >= 15 is 0 Å². The van der Waals surface area contributed by atoms with Gasteiger partial charge in [0, 0.05) is 25.1 Å². The van der Waals surface area contributed by atoms with Gasteiger partial charge < -0.3 is 4.90 Å². The number of hydrogen-bond donors (Lipinski definition) is 2. The number of carbonyl (C=O) groups is 3. The molecule has 5 rings (SSSR count). The molecule has 2 N–H and O–H groups in total. The molecule has 1 atom stereocenters. The lowest BCUT2D eigenvalue weighted by molar-refractivity contribution is -0.136. The first-order valence-electron chi connectivity index (χ1n) is 10.5. The van der Waals surface area contributed by atoms with Crippen LogP contribution in [0.2, 0.25) is 0 Å². The topological polar surface area (TPSA) is 143 Å². The Morgan fingerprint density at radius 2 is 1.88 bits per heavy atom. The van der Waals surface area contributed by atoms with Gasteiger partial charge in [-0.25, -0.2) is 17.8 Å². The minimum absolute atomic E-state index is 0.00780. The predicted octanol–water partition coefficient (Wildman–Crippen LogP) is 0.507. The zero-order chi connectivity index (χ0) is 23.9. The van der Waals surface area contributed by atoms with Gasteiger partial charge in [-0.2, -0.15) is 0 Å². The van der Waals surface area contributed by atoms with Gasteiger partial charge in [0.05, 0.1) is 23.0 Å². The summed E-state index contributed by atoms with van der Waals surface area (Å²) in [7, 11) is -3.79. The highest BCUT2D eigenvalue weighted by Crippen LogP contribution is 2.28. The maximum absolute atomic E-state index is 12.9. The van der Waals surface area contributed by atoms with Crippen LogP contribution in [-0.2, 0) is 32.7 Å². The summed E-state index contributed by atoms with van der Waals surface area (Å²) in [5.41, 5.74) is 2.47. The normalized spacial score (nSPS) is 18.2. The fourth-order valence-electron chi connectivity index (χ4n) is 4.10. The summed E-state index contributed by atoms with van der Waals surface area (Å²) in [5, 5.41) is 9.86. The van der Waals surface area contributed by atoms with Crippen molar-refractivity contribution in [3.8, 4) is 5.69 Å². The number of sulfonamides is 1. The van der Waals surface area contributed by atoms with Gasteiger partial charge >= 0.3 is 0 Å². The van der Waals surface area contributed by atoms with Crippen molar-refractivity contribution in [1.82, 2.24) is 29.9 Å². The number of imide groups is 1. The maximum Gasteiger partial charge on any atom is 0.255 e. The number of nitrogens with zero attached hydrogens (tertiary/aromatic N) is 4. The SMILES string of the molecule is O=C1CCC(N2Cc3ccc(CNS(=O)(=O)c4ccc(-n5ccnn5)cc4)cc3C2=O)C(=O)N1. The maximum atomic E-state index is 12.9. The molecule has 0 spiro atoms. The number of benzene rings is 2. The van der Waals surface area contributed by atoms with Gasteiger partial charge in [0.1, 0.15) is 6.04 Å². The molecule has 1 fully saturated rings. The zero-order valence-corrected chi connectivity index (χ0v) is 18.7. The molecule has 174 valence electrons. The predicted molar refractivity (Wildman–Crippen MR) is 118 cm³/mol. The fraction of sp³-hybridized carbons (Fsp3) is 0.227. The number of nitrogens with one attached hydrogen (secondary N) is 2. The van der Waals surface area contributed by atoms with Crippen molar-refractivity contribution in [2.75, 3.05) is 0 Å². The zero-order valence-electron chi connectivity index (χ0n) is 17.8. The van der Waals surface area contributed by atoms with Crippen molar-refractivity contribution in [2.45, 2.75) is 36.9 Å². The number of hydrogen-bond acceptors (Lipinski definition) is 7. The summed E-state index contributed by atoms with van der Waals surface area (Å²) in [5.74, 6) is -1.12. The number of carbonyl (C=O) groups excluding carboxylic acids is 3. The summed E-state index contributed by atoms with van der Waals surface area (Å²) in [6.45, 7) is 0.261. The molecule has 1 unspecified atom stereocenters. The molecule has 3 heterocycles. The molecule has 0 aliphatic carbocycles. The minimum atomic E-state index is -3.79. The van der Waals surface area contributed by atoms with Crippen molar-refractivity contribution in [1.29, 1.82) is 0 Å². The molecule has 0 bridgehead atoms. The van der Waals surface area contributed by atoms with Gasteiger partial charge in [-0.15, -0.1) is 5.10 Å². The van der Waals surface area contributed by atoms with Crippen LogP contribution in [0.4, 0.5) is 0 Å². The molecule has 12 heteroatoms. The van der Waals surface area contributed by atoms with Crippen LogP contribution in [0.15, 0.2) is 59.8 Å². The molecule has 0 saturated carbocycles. The van der Waals surface area contributed by atoms with Gasteiger partial charge in [-0.1, -0.05) is 17.3 Å². The van der Waals surface area contributed by atoms with E-state index in [1.807, 2.05) is 0 Å². The molecule has 11 nitrogen and oxygen atoms in total. The van der Waals surface area contributed by atoms with E-state index in [9.17, 15) is 22.8 Å². The number of piperidine rings is 1. The average molecular weight is 481 g/mol. The Balaban J connectivity index is 1.27. The van der Waals surface area contributed by atoms with Gasteiger partial charge in [-0.3, -0.25) is 19.7 Å². The molecule has 3 amide bonds. The van der Waals surface area contributed by atoms with Crippen LogP contribution < -0.4 is 10.0 Å². The van der Waals surface area contributed by atoms with Crippen molar-refractivity contribution >= 4 is 27.7 Å². The quantitative estimate of drug-likeness (QED) is 0.489. The van der Waals surface area contributed by atoms with E-state index in [2.05, 4.69) is 20.4 Å². The Morgan fingerprint density at radius 1 is 1.09 bits per heavy atom. The largest absolute Gasteiger partial charge is 0.322 e. The van der Waals surface area contributed by atoms with Gasteiger partial charge in [0.15, 0.2) is 0 Å². The van der Waals surface area contributed by atoms with Crippen LogP contribution in [0, 0.1) is 0 Å². The molecule has 1 aromatic heterocycles. The van der Waals surface area contributed by atoms with E-state index in [0.717, 1.165) is 5.56 Å². The van der Waals surface area contributed by atoms with E-state index < -0.39 is 22.0 Å². The van der Waals surface area contributed by atoms with Crippen molar-refractivity contribution in [3.63, 3.8) is 0 Å². The lowest BCUT2D eigenvalue weighted by Crippen LogP contribution is -2.52. The first kappa shape index (κ1) is 21.9. The van der Waals surface area contributed by atoms with Crippen molar-refractivity contribution in [2.24, 2.45) is 0 Å². The van der Waals surface area contributed by atoms with Crippen molar-refractivity contribution < 1.29 is 22.8 Å². The minimum Gasteiger partial charge on any atom is -0.322 e. The van der Waals surface area contributed by atoms with E-state index in [1.165, 1.54) is 27.9 Å². The molecule has 0 radical (unpaired) electrons. The first-order valence-corrected chi connectivity index (χ1v) is 12.0. The van der Waals surface area contributed by atoms with E-state index in [1.54, 1.807) is 36.5 Å². The molecule has 1 saturated heterocycles. The number of fused-ring (bicyclic) bond motifs is 1. The fourth-order valence-corrected chi connectivity index (χ4v) is 5.12. The standard InChI is InChI=1S/C22H20N6O5S/c29-20-8-7-19(21(30)25-20)27-13-15-2-1-14(11-18(15)22(27)31)12-24-34(32,33)17-5-3-16(4-6-17)28-10-9-23-26-28/h1-6,9-11,19,24H,7-8,12-13H2,(H,25,29,30). The summed E-state index contributed by atoms with van der Waals surface area (Å²) in [6.07, 6.45) is 3.64. The Hall–Kier alpha value is -3.90. The monoisotopic (exact) mass is 480 g/mol. The number of aromatic nitrogens is 3. The van der Waals surface area contributed by atoms with E-state index in [0.29, 0.717) is 16.8 Å². The van der Waals surface area contributed by atoms with Gasteiger partial charge in [0.25, 0.3) is 5.91 Å². The summed E-state index contributed by atoms with van der Waals surface area (Å²) >= 11 is 0. The third-order valence-corrected chi connectivity index (χ3v) is 7.31.